The van der Waals surface area contributed by atoms with Crippen molar-refractivity contribution < 1.29 is 9.18 Å². The molecule has 0 spiro atoms. The maximum Gasteiger partial charge on any atom is 0.246 e. The molecule has 0 radical (unpaired) electrons. The third-order valence-electron chi connectivity index (χ3n) is 4.04. The lowest BCUT2D eigenvalue weighted by Gasteiger charge is -2.29. The number of carbonyl (C=O) groups is 1. The second-order valence-electron chi connectivity index (χ2n) is 5.39. The number of rotatable bonds is 1. The maximum absolute atomic E-state index is 13.7. The fourth-order valence-electron chi connectivity index (χ4n) is 3.06. The lowest BCUT2D eigenvalue weighted by molar-refractivity contribution is -0.119. The summed E-state index contributed by atoms with van der Waals surface area (Å²) in [5, 5.41) is 12.1. The van der Waals surface area contributed by atoms with Crippen molar-refractivity contribution in [2.45, 2.75) is 6.04 Å². The molecule has 6 heteroatoms. The Morgan fingerprint density at radius 3 is 2.83 bits per heavy atom. The van der Waals surface area contributed by atoms with Gasteiger partial charge in [0.15, 0.2) is 5.92 Å². The molecule has 0 saturated carbocycles. The Morgan fingerprint density at radius 1 is 1.22 bits per heavy atom. The zero-order valence-electron chi connectivity index (χ0n) is 11.9. The average Bonchev–Trinajstić information content (AvgIpc) is 2.91. The number of para-hydroxylation sites is 2. The van der Waals surface area contributed by atoms with Crippen LogP contribution in [0.4, 0.5) is 10.3 Å². The lowest BCUT2D eigenvalue weighted by Crippen LogP contribution is -2.37. The molecule has 1 aliphatic heterocycles. The topological polar surface area (TPSA) is 70.7 Å². The quantitative estimate of drug-likeness (QED) is 0.751. The largest absolute Gasteiger partial charge is 0.300 e. The van der Waals surface area contributed by atoms with E-state index in [0.29, 0.717) is 17.0 Å². The predicted molar refractivity (Wildman–Crippen MR) is 82.0 cm³/mol. The summed E-state index contributed by atoms with van der Waals surface area (Å²) < 4.78 is 15.4. The van der Waals surface area contributed by atoms with Crippen molar-refractivity contribution in [3.8, 4) is 6.07 Å². The van der Waals surface area contributed by atoms with Gasteiger partial charge in [-0.15, -0.1) is 0 Å². The molecular formula is C17H11FN4O. The first-order chi connectivity index (χ1) is 11.2. The Kier molecular flexibility index (Phi) is 2.88. The minimum Gasteiger partial charge on any atom is -0.300 e. The SMILES string of the molecule is N#C[C@@H]1C(=O)Nc2nc3ccccc3n2[C@H]1c1cccc(F)c1. The highest BCUT2D eigenvalue weighted by molar-refractivity contribution is 5.97. The molecule has 3 aromatic rings. The predicted octanol–water partition coefficient (Wildman–Crippen LogP) is 2.86. The second-order valence-corrected chi connectivity index (χ2v) is 5.39. The third kappa shape index (κ3) is 1.98. The van der Waals surface area contributed by atoms with Crippen LogP contribution in [0.2, 0.25) is 0 Å². The molecule has 1 aromatic heterocycles. The third-order valence-corrected chi connectivity index (χ3v) is 4.04. The number of halogens is 1. The minimum atomic E-state index is -0.957. The molecule has 23 heavy (non-hydrogen) atoms. The number of fused-ring (bicyclic) bond motifs is 3. The van der Waals surface area contributed by atoms with Crippen LogP contribution in [0.25, 0.3) is 11.0 Å². The van der Waals surface area contributed by atoms with Crippen molar-refractivity contribution in [2.75, 3.05) is 5.32 Å². The number of anilines is 1. The van der Waals surface area contributed by atoms with Crippen LogP contribution < -0.4 is 5.32 Å². The molecular weight excluding hydrogens is 295 g/mol. The van der Waals surface area contributed by atoms with Gasteiger partial charge in [0.25, 0.3) is 0 Å². The molecule has 112 valence electrons. The van der Waals surface area contributed by atoms with Crippen LogP contribution in [-0.2, 0) is 4.79 Å². The fourth-order valence-corrected chi connectivity index (χ4v) is 3.06. The highest BCUT2D eigenvalue weighted by Gasteiger charge is 2.38. The highest BCUT2D eigenvalue weighted by Crippen LogP contribution is 2.37. The zero-order valence-corrected chi connectivity index (χ0v) is 11.9. The first-order valence-corrected chi connectivity index (χ1v) is 7.12. The van der Waals surface area contributed by atoms with Crippen LogP contribution in [0, 0.1) is 23.1 Å². The Balaban J connectivity index is 2.02. The van der Waals surface area contributed by atoms with Crippen LogP contribution in [0.1, 0.15) is 11.6 Å². The van der Waals surface area contributed by atoms with Gasteiger partial charge in [-0.05, 0) is 29.8 Å². The van der Waals surface area contributed by atoms with Crippen LogP contribution in [0.5, 0.6) is 0 Å². The van der Waals surface area contributed by atoms with Gasteiger partial charge in [-0.3, -0.25) is 10.1 Å². The maximum atomic E-state index is 13.7. The number of amides is 1. The molecule has 4 rings (SSSR count). The normalized spacial score (nSPS) is 19.9. The van der Waals surface area contributed by atoms with E-state index in [-0.39, 0.29) is 0 Å². The number of hydrogen-bond acceptors (Lipinski definition) is 3. The molecule has 1 amide bonds. The first kappa shape index (κ1) is 13.5. The van der Waals surface area contributed by atoms with Crippen molar-refractivity contribution in [2.24, 2.45) is 5.92 Å². The summed E-state index contributed by atoms with van der Waals surface area (Å²) in [7, 11) is 0. The van der Waals surface area contributed by atoms with Gasteiger partial charge in [-0.1, -0.05) is 24.3 Å². The van der Waals surface area contributed by atoms with Crippen LogP contribution >= 0.6 is 0 Å². The summed E-state index contributed by atoms with van der Waals surface area (Å²) in [5.74, 6) is -1.42. The van der Waals surface area contributed by atoms with Gasteiger partial charge in [-0.25, -0.2) is 9.37 Å². The summed E-state index contributed by atoms with van der Waals surface area (Å²) in [4.78, 5) is 16.7. The van der Waals surface area contributed by atoms with Gasteiger partial charge in [0.1, 0.15) is 5.82 Å². The fraction of sp³-hybridized carbons (Fsp3) is 0.118. The molecule has 0 bridgehead atoms. The molecule has 0 saturated heterocycles. The van der Waals surface area contributed by atoms with Crippen molar-refractivity contribution >= 4 is 22.9 Å². The summed E-state index contributed by atoms with van der Waals surface area (Å²) in [6, 6.07) is 14.8. The molecule has 0 fully saturated rings. The Hall–Kier alpha value is -3.20. The summed E-state index contributed by atoms with van der Waals surface area (Å²) in [6.07, 6.45) is 0. The van der Waals surface area contributed by atoms with E-state index < -0.39 is 23.7 Å². The number of nitriles is 1. The number of nitrogens with one attached hydrogen (secondary N) is 1. The van der Waals surface area contributed by atoms with E-state index in [0.717, 1.165) is 5.52 Å². The van der Waals surface area contributed by atoms with Crippen molar-refractivity contribution in [1.82, 2.24) is 9.55 Å². The van der Waals surface area contributed by atoms with Crippen molar-refractivity contribution in [3.05, 3.63) is 59.9 Å². The van der Waals surface area contributed by atoms with Crippen LogP contribution in [0.15, 0.2) is 48.5 Å². The second kappa shape index (κ2) is 4.92. The molecule has 5 nitrogen and oxygen atoms in total. The molecule has 2 heterocycles. The van der Waals surface area contributed by atoms with Crippen LogP contribution in [0.3, 0.4) is 0 Å². The Labute approximate surface area is 131 Å². The van der Waals surface area contributed by atoms with E-state index >= 15 is 0 Å². The van der Waals surface area contributed by atoms with Gasteiger partial charge < -0.3 is 4.57 Å². The lowest BCUT2D eigenvalue weighted by atomic mass is 9.91. The Bertz CT molecular complexity index is 972. The van der Waals surface area contributed by atoms with Gasteiger partial charge in [0.2, 0.25) is 11.9 Å². The summed E-state index contributed by atoms with van der Waals surface area (Å²) in [6.45, 7) is 0. The van der Waals surface area contributed by atoms with Gasteiger partial charge in [0, 0.05) is 0 Å². The Morgan fingerprint density at radius 2 is 2.04 bits per heavy atom. The number of hydrogen-bond donors (Lipinski definition) is 1. The van der Waals surface area contributed by atoms with E-state index in [1.54, 1.807) is 16.7 Å². The highest BCUT2D eigenvalue weighted by atomic mass is 19.1. The van der Waals surface area contributed by atoms with Gasteiger partial charge >= 0.3 is 0 Å². The number of nitrogens with zero attached hydrogens (tertiary/aromatic N) is 3. The van der Waals surface area contributed by atoms with E-state index in [1.165, 1.54) is 12.1 Å². The van der Waals surface area contributed by atoms with E-state index in [2.05, 4.69) is 10.3 Å². The van der Waals surface area contributed by atoms with Gasteiger partial charge in [-0.2, -0.15) is 5.26 Å². The molecule has 1 N–H and O–H groups in total. The smallest absolute Gasteiger partial charge is 0.246 e. The molecule has 2 atom stereocenters. The number of benzene rings is 2. The standard InChI is InChI=1S/C17H11FN4O/c18-11-5-3-4-10(8-11)15-12(9-19)16(23)21-17-20-13-6-1-2-7-14(13)22(15)17/h1-8,12,15H,(H,20,21,23)/t12-,15-/m0/s1. The molecule has 1 aliphatic rings. The molecule has 0 aliphatic carbocycles. The summed E-state index contributed by atoms with van der Waals surface area (Å²) in [5.41, 5.74) is 2.07. The molecule has 2 aromatic carbocycles. The van der Waals surface area contributed by atoms with Crippen molar-refractivity contribution in [1.29, 1.82) is 5.26 Å². The first-order valence-electron chi connectivity index (χ1n) is 7.12. The average molecular weight is 306 g/mol. The van der Waals surface area contributed by atoms with E-state index in [4.69, 9.17) is 0 Å². The van der Waals surface area contributed by atoms with Crippen molar-refractivity contribution in [3.63, 3.8) is 0 Å². The molecule has 0 unspecified atom stereocenters. The van der Waals surface area contributed by atoms with E-state index in [9.17, 15) is 14.4 Å². The number of aromatic nitrogens is 2. The monoisotopic (exact) mass is 306 g/mol. The minimum absolute atomic E-state index is 0.372. The van der Waals surface area contributed by atoms with E-state index in [1.807, 2.05) is 30.3 Å². The zero-order chi connectivity index (χ0) is 16.0. The number of carbonyl (C=O) groups excluding carboxylic acids is 1. The van der Waals surface area contributed by atoms with Crippen LogP contribution in [-0.4, -0.2) is 15.5 Å². The van der Waals surface area contributed by atoms with Gasteiger partial charge in [0.05, 0.1) is 23.1 Å². The summed E-state index contributed by atoms with van der Waals surface area (Å²) >= 11 is 0. The number of imidazole rings is 1.